The fourth-order valence-corrected chi connectivity index (χ4v) is 1.97. The Kier molecular flexibility index (Phi) is 4.53. The number of carbonyl (C=O) groups is 1. The van der Waals surface area contributed by atoms with Gasteiger partial charge >= 0.3 is 0 Å². The van der Waals surface area contributed by atoms with Crippen LogP contribution in [-0.4, -0.2) is 42.5 Å². The van der Waals surface area contributed by atoms with Crippen molar-refractivity contribution in [2.75, 3.05) is 20.2 Å². The van der Waals surface area contributed by atoms with Crippen molar-refractivity contribution in [2.24, 2.45) is 0 Å². The number of alkyl halides is 1. The van der Waals surface area contributed by atoms with E-state index < -0.39 is 6.10 Å². The van der Waals surface area contributed by atoms with Gasteiger partial charge in [-0.1, -0.05) is 12.1 Å². The van der Waals surface area contributed by atoms with Crippen LogP contribution in [-0.2, 0) is 4.79 Å². The smallest absolute Gasteiger partial charge is 0.267 e. The molecule has 0 saturated heterocycles. The van der Waals surface area contributed by atoms with Crippen molar-refractivity contribution >= 4 is 17.5 Å². The van der Waals surface area contributed by atoms with Crippen molar-refractivity contribution in [1.29, 1.82) is 0 Å². The van der Waals surface area contributed by atoms with E-state index in [1.165, 1.54) is 0 Å². The lowest BCUT2D eigenvalue weighted by Crippen LogP contribution is -2.45. The molecule has 4 nitrogen and oxygen atoms in total. The fourth-order valence-electron chi connectivity index (χ4n) is 1.87. The summed E-state index contributed by atoms with van der Waals surface area (Å²) in [4.78, 5) is 13.8. The highest BCUT2D eigenvalue weighted by atomic mass is 35.5. The van der Waals surface area contributed by atoms with Gasteiger partial charge in [-0.25, -0.2) is 0 Å². The van der Waals surface area contributed by atoms with E-state index in [9.17, 15) is 4.79 Å². The summed E-state index contributed by atoms with van der Waals surface area (Å²) >= 11 is 5.89. The standard InChI is InChI=1S/C14H18ClNO3/c1-10(15)7-8-16(2)14(17)13-9-18-11-5-3-4-6-12(11)19-13/h3-6,10,13H,7-9H2,1-2H3. The van der Waals surface area contributed by atoms with Gasteiger partial charge in [-0.15, -0.1) is 11.6 Å². The predicted octanol–water partition coefficient (Wildman–Crippen LogP) is 2.30. The number of nitrogens with zero attached hydrogens (tertiary/aromatic N) is 1. The van der Waals surface area contributed by atoms with Crippen LogP contribution in [0.15, 0.2) is 24.3 Å². The molecule has 1 amide bonds. The molecule has 1 aliphatic heterocycles. The Bertz CT molecular complexity index is 450. The Labute approximate surface area is 118 Å². The Morgan fingerprint density at radius 2 is 2.16 bits per heavy atom. The van der Waals surface area contributed by atoms with Crippen molar-refractivity contribution in [2.45, 2.75) is 24.8 Å². The molecular weight excluding hydrogens is 266 g/mol. The average molecular weight is 284 g/mol. The van der Waals surface area contributed by atoms with Crippen LogP contribution >= 0.6 is 11.6 Å². The molecule has 5 heteroatoms. The highest BCUT2D eigenvalue weighted by Crippen LogP contribution is 2.31. The maximum atomic E-state index is 12.2. The summed E-state index contributed by atoms with van der Waals surface area (Å²) in [5, 5.41) is 0.0551. The minimum atomic E-state index is -0.578. The molecule has 19 heavy (non-hydrogen) atoms. The first-order chi connectivity index (χ1) is 9.08. The van der Waals surface area contributed by atoms with Crippen molar-refractivity contribution in [3.05, 3.63) is 24.3 Å². The minimum absolute atomic E-state index is 0.0551. The third-order valence-electron chi connectivity index (χ3n) is 3.02. The van der Waals surface area contributed by atoms with Crippen LogP contribution < -0.4 is 9.47 Å². The van der Waals surface area contributed by atoms with Gasteiger partial charge in [0.05, 0.1) is 0 Å². The first kappa shape index (κ1) is 14.0. The molecule has 1 heterocycles. The van der Waals surface area contributed by atoms with Gasteiger partial charge in [-0.2, -0.15) is 0 Å². The largest absolute Gasteiger partial charge is 0.485 e. The Hall–Kier alpha value is -1.42. The highest BCUT2D eigenvalue weighted by Gasteiger charge is 2.29. The lowest BCUT2D eigenvalue weighted by molar-refractivity contribution is -0.139. The number of para-hydroxylation sites is 2. The number of amides is 1. The van der Waals surface area contributed by atoms with E-state index >= 15 is 0 Å². The van der Waals surface area contributed by atoms with Crippen LogP contribution in [0.2, 0.25) is 0 Å². The molecule has 0 spiro atoms. The number of carbonyl (C=O) groups excluding carboxylic acids is 1. The first-order valence-corrected chi connectivity index (χ1v) is 6.79. The molecule has 0 N–H and O–H groups in total. The molecule has 0 saturated carbocycles. The predicted molar refractivity (Wildman–Crippen MR) is 73.9 cm³/mol. The van der Waals surface area contributed by atoms with Crippen LogP contribution in [0.1, 0.15) is 13.3 Å². The number of benzene rings is 1. The summed E-state index contributed by atoms with van der Waals surface area (Å²) in [6.45, 7) is 2.78. The lowest BCUT2D eigenvalue weighted by Gasteiger charge is -2.29. The summed E-state index contributed by atoms with van der Waals surface area (Å²) in [7, 11) is 1.76. The number of hydrogen-bond acceptors (Lipinski definition) is 3. The molecule has 1 aromatic carbocycles. The zero-order chi connectivity index (χ0) is 13.8. The second-order valence-electron chi connectivity index (χ2n) is 4.69. The van der Waals surface area contributed by atoms with Crippen LogP contribution in [0, 0.1) is 0 Å². The third kappa shape index (κ3) is 3.53. The first-order valence-electron chi connectivity index (χ1n) is 6.35. The van der Waals surface area contributed by atoms with Gasteiger partial charge in [0.2, 0.25) is 6.10 Å². The molecule has 1 aliphatic rings. The van der Waals surface area contributed by atoms with E-state index in [1.54, 1.807) is 18.0 Å². The second-order valence-corrected chi connectivity index (χ2v) is 5.44. The van der Waals surface area contributed by atoms with Gasteiger partial charge in [-0.05, 0) is 25.5 Å². The van der Waals surface area contributed by atoms with Gasteiger partial charge < -0.3 is 14.4 Å². The number of likely N-dealkylation sites (N-methyl/N-ethyl adjacent to an activating group) is 1. The molecular formula is C14H18ClNO3. The maximum Gasteiger partial charge on any atom is 0.267 e. The highest BCUT2D eigenvalue weighted by molar-refractivity contribution is 6.20. The number of rotatable bonds is 4. The zero-order valence-corrected chi connectivity index (χ0v) is 11.9. The summed E-state index contributed by atoms with van der Waals surface area (Å²) in [5.41, 5.74) is 0. The summed E-state index contributed by atoms with van der Waals surface area (Å²) in [6.07, 6.45) is 0.180. The molecule has 0 bridgehead atoms. The van der Waals surface area contributed by atoms with E-state index in [1.807, 2.05) is 25.1 Å². The molecule has 0 aliphatic carbocycles. The normalized spacial score (nSPS) is 18.8. The van der Waals surface area contributed by atoms with Crippen LogP contribution in [0.25, 0.3) is 0 Å². The molecule has 1 aromatic rings. The third-order valence-corrected chi connectivity index (χ3v) is 3.24. The van der Waals surface area contributed by atoms with Gasteiger partial charge in [0.25, 0.3) is 5.91 Å². The van der Waals surface area contributed by atoms with Crippen LogP contribution in [0.4, 0.5) is 0 Å². The SMILES string of the molecule is CC(Cl)CCN(C)C(=O)C1COc2ccccc2O1. The molecule has 0 radical (unpaired) electrons. The summed E-state index contributed by atoms with van der Waals surface area (Å²) in [6, 6.07) is 7.36. The lowest BCUT2D eigenvalue weighted by atomic mass is 10.2. The van der Waals surface area contributed by atoms with E-state index in [-0.39, 0.29) is 17.9 Å². The molecule has 104 valence electrons. The van der Waals surface area contributed by atoms with Gasteiger partial charge in [0.15, 0.2) is 11.5 Å². The molecule has 0 aromatic heterocycles. The van der Waals surface area contributed by atoms with E-state index in [0.29, 0.717) is 18.0 Å². The number of halogens is 1. The number of hydrogen-bond donors (Lipinski definition) is 0. The molecule has 2 unspecified atom stereocenters. The van der Waals surface area contributed by atoms with Crippen molar-refractivity contribution < 1.29 is 14.3 Å². The minimum Gasteiger partial charge on any atom is -0.485 e. The van der Waals surface area contributed by atoms with Crippen molar-refractivity contribution in [1.82, 2.24) is 4.90 Å². The average Bonchev–Trinajstić information content (AvgIpc) is 2.43. The topological polar surface area (TPSA) is 38.8 Å². The van der Waals surface area contributed by atoms with Gasteiger partial charge in [0.1, 0.15) is 6.61 Å². The second kappa shape index (κ2) is 6.15. The number of fused-ring (bicyclic) bond motifs is 1. The van der Waals surface area contributed by atoms with Crippen molar-refractivity contribution in [3.8, 4) is 11.5 Å². The summed E-state index contributed by atoms with van der Waals surface area (Å²) < 4.78 is 11.2. The van der Waals surface area contributed by atoms with Crippen LogP contribution in [0.3, 0.4) is 0 Å². The number of ether oxygens (including phenoxy) is 2. The van der Waals surface area contributed by atoms with E-state index in [0.717, 1.165) is 6.42 Å². The summed E-state index contributed by atoms with van der Waals surface area (Å²) in [5.74, 6) is 1.22. The van der Waals surface area contributed by atoms with Gasteiger partial charge in [-0.3, -0.25) is 4.79 Å². The van der Waals surface area contributed by atoms with E-state index in [4.69, 9.17) is 21.1 Å². The Morgan fingerprint density at radius 1 is 1.47 bits per heavy atom. The quantitative estimate of drug-likeness (QED) is 0.796. The monoisotopic (exact) mass is 283 g/mol. The fraction of sp³-hybridized carbons (Fsp3) is 0.500. The molecule has 0 fully saturated rings. The van der Waals surface area contributed by atoms with Gasteiger partial charge in [0, 0.05) is 19.0 Å². The Balaban J connectivity index is 1.95. The van der Waals surface area contributed by atoms with Crippen LogP contribution in [0.5, 0.6) is 11.5 Å². The molecule has 2 atom stereocenters. The zero-order valence-electron chi connectivity index (χ0n) is 11.1. The Morgan fingerprint density at radius 3 is 2.84 bits per heavy atom. The maximum absolute atomic E-state index is 12.2. The van der Waals surface area contributed by atoms with E-state index in [2.05, 4.69) is 0 Å². The van der Waals surface area contributed by atoms with Crippen molar-refractivity contribution in [3.63, 3.8) is 0 Å². The molecule has 2 rings (SSSR count).